The fraction of sp³-hybridized carbons (Fsp3) is 0.750. The second-order valence-corrected chi connectivity index (χ2v) is 3.58. The van der Waals surface area contributed by atoms with Gasteiger partial charge in [0.1, 0.15) is 6.29 Å². The van der Waals surface area contributed by atoms with E-state index in [1.54, 1.807) is 0 Å². The smallest absolute Gasteiger partial charge is 0.188 e. The Labute approximate surface area is 81.7 Å². The van der Waals surface area contributed by atoms with E-state index in [4.69, 9.17) is 0 Å². The first-order valence-electron chi connectivity index (χ1n) is 4.78. The van der Waals surface area contributed by atoms with Crippen LogP contribution < -0.4 is 0 Å². The highest BCUT2D eigenvalue weighted by molar-refractivity contribution is 5.53. The second-order valence-electron chi connectivity index (χ2n) is 3.58. The molecule has 0 bridgehead atoms. The number of hydrogen-bond donors (Lipinski definition) is 1. The summed E-state index contributed by atoms with van der Waals surface area (Å²) in [5.41, 5.74) is 0. The molecule has 2 rings (SSSR count). The van der Waals surface area contributed by atoms with E-state index in [0.717, 1.165) is 44.6 Å². The molecule has 0 aromatic carbocycles. The van der Waals surface area contributed by atoms with Crippen molar-refractivity contribution in [3.8, 4) is 0 Å². The largest absolute Gasteiger partial charge is 0.303 e. The number of rotatable bonds is 3. The van der Waals surface area contributed by atoms with Crippen LogP contribution in [0.1, 0.15) is 18.7 Å². The van der Waals surface area contributed by atoms with Crippen LogP contribution in [0.5, 0.6) is 0 Å². The Morgan fingerprint density at radius 3 is 2.86 bits per heavy atom. The Balaban J connectivity index is 1.81. The zero-order chi connectivity index (χ0) is 9.80. The molecule has 1 aliphatic rings. The summed E-state index contributed by atoms with van der Waals surface area (Å²) in [4.78, 5) is 12.8. The van der Waals surface area contributed by atoms with Crippen LogP contribution in [0.3, 0.4) is 0 Å². The van der Waals surface area contributed by atoms with E-state index in [1.807, 2.05) is 0 Å². The van der Waals surface area contributed by atoms with E-state index in [9.17, 15) is 4.79 Å². The maximum Gasteiger partial charge on any atom is 0.188 e. The van der Waals surface area contributed by atoms with Crippen LogP contribution >= 0.6 is 0 Å². The summed E-state index contributed by atoms with van der Waals surface area (Å²) < 4.78 is 0. The summed E-state index contributed by atoms with van der Waals surface area (Å²) in [6, 6.07) is 0. The standard InChI is InChI=1S/C8H13N5O/c14-6-7-1-3-13(4-2-7)5-8-9-11-12-10-8/h6-7H,1-5H2,(H,9,10,11,12). The van der Waals surface area contributed by atoms with Crippen molar-refractivity contribution >= 4 is 6.29 Å². The van der Waals surface area contributed by atoms with E-state index in [2.05, 4.69) is 25.5 Å². The monoisotopic (exact) mass is 195 g/mol. The van der Waals surface area contributed by atoms with E-state index in [-0.39, 0.29) is 5.92 Å². The van der Waals surface area contributed by atoms with Gasteiger partial charge in [0.2, 0.25) is 0 Å². The molecule has 0 saturated carbocycles. The Bertz CT molecular complexity index is 278. The molecule has 1 fully saturated rings. The lowest BCUT2D eigenvalue weighted by Gasteiger charge is -2.28. The first-order valence-corrected chi connectivity index (χ1v) is 4.78. The lowest BCUT2D eigenvalue weighted by molar-refractivity contribution is -0.112. The Morgan fingerprint density at radius 1 is 1.50 bits per heavy atom. The van der Waals surface area contributed by atoms with Crippen molar-refractivity contribution in [3.05, 3.63) is 5.82 Å². The molecule has 0 spiro atoms. The van der Waals surface area contributed by atoms with E-state index < -0.39 is 0 Å². The minimum absolute atomic E-state index is 0.247. The lowest BCUT2D eigenvalue weighted by Crippen LogP contribution is -2.33. The molecule has 0 unspecified atom stereocenters. The van der Waals surface area contributed by atoms with Crippen molar-refractivity contribution < 1.29 is 4.79 Å². The van der Waals surface area contributed by atoms with Gasteiger partial charge in [0.25, 0.3) is 0 Å². The number of H-pyrrole nitrogens is 1. The molecule has 6 heteroatoms. The van der Waals surface area contributed by atoms with Gasteiger partial charge in [-0.25, -0.2) is 0 Å². The fourth-order valence-electron chi connectivity index (χ4n) is 1.70. The van der Waals surface area contributed by atoms with Crippen LogP contribution in [0.2, 0.25) is 0 Å². The molecule has 14 heavy (non-hydrogen) atoms. The van der Waals surface area contributed by atoms with Crippen molar-refractivity contribution in [2.24, 2.45) is 5.92 Å². The summed E-state index contributed by atoms with van der Waals surface area (Å²) in [6.45, 7) is 2.61. The number of aromatic nitrogens is 4. The first-order chi connectivity index (χ1) is 6.88. The Hall–Kier alpha value is -1.30. The highest BCUT2D eigenvalue weighted by Crippen LogP contribution is 2.15. The SMILES string of the molecule is O=CC1CCN(Cc2nn[nH]n2)CC1. The molecular formula is C8H13N5O. The number of carbonyl (C=O) groups excluding carboxylic acids is 1. The quantitative estimate of drug-likeness (QED) is 0.665. The van der Waals surface area contributed by atoms with Crippen LogP contribution in [-0.2, 0) is 11.3 Å². The fourth-order valence-corrected chi connectivity index (χ4v) is 1.70. The molecule has 1 saturated heterocycles. The number of piperidine rings is 1. The van der Waals surface area contributed by atoms with E-state index >= 15 is 0 Å². The third-order valence-electron chi connectivity index (χ3n) is 2.58. The molecule has 1 N–H and O–H groups in total. The van der Waals surface area contributed by atoms with Crippen LogP contribution in [-0.4, -0.2) is 44.9 Å². The third-order valence-corrected chi connectivity index (χ3v) is 2.58. The molecular weight excluding hydrogens is 182 g/mol. The lowest BCUT2D eigenvalue weighted by atomic mass is 9.99. The summed E-state index contributed by atoms with van der Waals surface area (Å²) in [7, 11) is 0. The molecule has 2 heterocycles. The minimum Gasteiger partial charge on any atom is -0.303 e. The molecule has 0 radical (unpaired) electrons. The predicted octanol–water partition coefficient (Wildman–Crippen LogP) is -0.389. The first kappa shape index (κ1) is 9.26. The molecule has 1 aromatic heterocycles. The summed E-state index contributed by atoms with van der Waals surface area (Å²) >= 11 is 0. The summed E-state index contributed by atoms with van der Waals surface area (Å²) in [5.74, 6) is 0.964. The van der Waals surface area contributed by atoms with Gasteiger partial charge in [0.15, 0.2) is 5.82 Å². The number of tetrazole rings is 1. The highest BCUT2D eigenvalue weighted by Gasteiger charge is 2.19. The number of nitrogens with one attached hydrogen (secondary N) is 1. The van der Waals surface area contributed by atoms with Gasteiger partial charge in [-0.3, -0.25) is 4.90 Å². The number of aldehydes is 1. The zero-order valence-electron chi connectivity index (χ0n) is 7.89. The molecule has 0 aliphatic carbocycles. The highest BCUT2D eigenvalue weighted by atomic mass is 16.1. The number of aromatic amines is 1. The van der Waals surface area contributed by atoms with Crippen molar-refractivity contribution in [1.82, 2.24) is 25.5 Å². The normalized spacial score (nSPS) is 19.7. The molecule has 1 aliphatic heterocycles. The average Bonchev–Trinajstić information content (AvgIpc) is 2.72. The number of carbonyl (C=O) groups is 1. The minimum atomic E-state index is 0.247. The summed E-state index contributed by atoms with van der Waals surface area (Å²) in [5, 5.41) is 13.7. The Kier molecular flexibility index (Phi) is 2.83. The molecule has 1 aromatic rings. The maximum absolute atomic E-state index is 10.5. The Morgan fingerprint density at radius 2 is 2.29 bits per heavy atom. The van der Waals surface area contributed by atoms with Gasteiger partial charge < -0.3 is 4.79 Å². The van der Waals surface area contributed by atoms with Gasteiger partial charge in [-0.1, -0.05) is 5.21 Å². The van der Waals surface area contributed by atoms with Crippen molar-refractivity contribution in [2.45, 2.75) is 19.4 Å². The third kappa shape index (κ3) is 2.14. The molecule has 6 nitrogen and oxygen atoms in total. The number of hydrogen-bond acceptors (Lipinski definition) is 5. The van der Waals surface area contributed by atoms with Gasteiger partial charge in [0, 0.05) is 5.92 Å². The average molecular weight is 195 g/mol. The summed E-state index contributed by atoms with van der Waals surface area (Å²) in [6.07, 6.45) is 2.95. The van der Waals surface area contributed by atoms with Crippen LogP contribution in [0, 0.1) is 5.92 Å². The molecule has 0 amide bonds. The topological polar surface area (TPSA) is 74.8 Å². The van der Waals surface area contributed by atoms with Gasteiger partial charge in [-0.15, -0.1) is 10.2 Å². The van der Waals surface area contributed by atoms with Crippen LogP contribution in [0.15, 0.2) is 0 Å². The van der Waals surface area contributed by atoms with Crippen molar-refractivity contribution in [3.63, 3.8) is 0 Å². The second kappa shape index (κ2) is 4.28. The van der Waals surface area contributed by atoms with Gasteiger partial charge in [-0.05, 0) is 25.9 Å². The van der Waals surface area contributed by atoms with Gasteiger partial charge >= 0.3 is 0 Å². The van der Waals surface area contributed by atoms with Gasteiger partial charge in [0.05, 0.1) is 6.54 Å². The zero-order valence-corrected chi connectivity index (χ0v) is 7.89. The predicted molar refractivity (Wildman–Crippen MR) is 48.2 cm³/mol. The van der Waals surface area contributed by atoms with Crippen LogP contribution in [0.25, 0.3) is 0 Å². The maximum atomic E-state index is 10.5. The van der Waals surface area contributed by atoms with Crippen LogP contribution in [0.4, 0.5) is 0 Å². The molecule has 0 atom stereocenters. The van der Waals surface area contributed by atoms with E-state index in [1.165, 1.54) is 0 Å². The number of likely N-dealkylation sites (tertiary alicyclic amines) is 1. The van der Waals surface area contributed by atoms with Crippen molar-refractivity contribution in [1.29, 1.82) is 0 Å². The number of nitrogens with zero attached hydrogens (tertiary/aromatic N) is 4. The van der Waals surface area contributed by atoms with Crippen molar-refractivity contribution in [2.75, 3.05) is 13.1 Å². The molecule has 76 valence electrons. The van der Waals surface area contributed by atoms with E-state index in [0.29, 0.717) is 0 Å². The van der Waals surface area contributed by atoms with Gasteiger partial charge in [-0.2, -0.15) is 5.21 Å².